The Labute approximate surface area is 124 Å². The number of hydrogen-bond acceptors (Lipinski definition) is 7. The van der Waals surface area contributed by atoms with E-state index in [1.165, 1.54) is 0 Å². The summed E-state index contributed by atoms with van der Waals surface area (Å²) in [6, 6.07) is 0. The van der Waals surface area contributed by atoms with Gasteiger partial charge in [-0.05, 0) is 26.7 Å². The smallest absolute Gasteiger partial charge is 0.372 e. The highest BCUT2D eigenvalue weighted by Gasteiger charge is 2.25. The van der Waals surface area contributed by atoms with Crippen LogP contribution in [-0.4, -0.2) is 41.3 Å². The van der Waals surface area contributed by atoms with Crippen molar-refractivity contribution < 1.29 is 14.4 Å². The van der Waals surface area contributed by atoms with Crippen molar-refractivity contribution in [3.8, 4) is 5.88 Å². The van der Waals surface area contributed by atoms with E-state index in [0.717, 1.165) is 12.8 Å². The fourth-order valence-corrected chi connectivity index (χ4v) is 1.65. The van der Waals surface area contributed by atoms with Gasteiger partial charge in [0.1, 0.15) is 5.82 Å². The zero-order valence-corrected chi connectivity index (χ0v) is 12.7. The Hall–Kier alpha value is -1.96. The summed E-state index contributed by atoms with van der Waals surface area (Å²) < 4.78 is 10.6. The van der Waals surface area contributed by atoms with Gasteiger partial charge in [-0.2, -0.15) is 4.98 Å². The third-order valence-electron chi connectivity index (χ3n) is 2.55. The zero-order chi connectivity index (χ0) is 15.7. The van der Waals surface area contributed by atoms with Gasteiger partial charge in [-0.25, -0.2) is 4.98 Å². The number of hydrogen-bond donors (Lipinski definition) is 1. The minimum absolute atomic E-state index is 0.0154. The Morgan fingerprint density at radius 2 is 2.05 bits per heavy atom. The lowest BCUT2D eigenvalue weighted by Crippen LogP contribution is -2.12. The minimum Gasteiger partial charge on any atom is -0.473 e. The number of rotatable bonds is 10. The molecule has 0 aliphatic rings. The SMILES string of the molecule is CCCOc1nc(C)nc(NCCCOCC)c1[N+](=O)[O-]. The Balaban J connectivity index is 2.84. The summed E-state index contributed by atoms with van der Waals surface area (Å²) in [4.78, 5) is 18.8. The van der Waals surface area contributed by atoms with E-state index >= 15 is 0 Å². The van der Waals surface area contributed by atoms with Crippen molar-refractivity contribution >= 4 is 11.5 Å². The highest BCUT2D eigenvalue weighted by molar-refractivity contribution is 5.61. The largest absolute Gasteiger partial charge is 0.473 e. The third-order valence-corrected chi connectivity index (χ3v) is 2.55. The summed E-state index contributed by atoms with van der Waals surface area (Å²) in [7, 11) is 0. The van der Waals surface area contributed by atoms with Crippen LogP contribution in [0.5, 0.6) is 5.88 Å². The molecule has 0 amide bonds. The number of nitrogens with one attached hydrogen (secondary N) is 1. The van der Waals surface area contributed by atoms with Crippen molar-refractivity contribution in [2.45, 2.75) is 33.6 Å². The number of nitro groups is 1. The van der Waals surface area contributed by atoms with Crippen LogP contribution in [0.3, 0.4) is 0 Å². The van der Waals surface area contributed by atoms with Crippen LogP contribution in [0, 0.1) is 17.0 Å². The van der Waals surface area contributed by atoms with E-state index < -0.39 is 4.92 Å². The molecule has 0 bridgehead atoms. The van der Waals surface area contributed by atoms with Gasteiger partial charge < -0.3 is 14.8 Å². The molecule has 1 rings (SSSR count). The molecule has 0 spiro atoms. The molecule has 1 aromatic rings. The highest BCUT2D eigenvalue weighted by Crippen LogP contribution is 2.31. The topological polar surface area (TPSA) is 99.4 Å². The summed E-state index contributed by atoms with van der Waals surface area (Å²) in [6.07, 6.45) is 1.48. The van der Waals surface area contributed by atoms with Crippen LogP contribution in [0.25, 0.3) is 0 Å². The average Bonchev–Trinajstić information content (AvgIpc) is 2.44. The molecular weight excluding hydrogens is 276 g/mol. The van der Waals surface area contributed by atoms with Gasteiger partial charge in [-0.15, -0.1) is 0 Å². The van der Waals surface area contributed by atoms with E-state index in [9.17, 15) is 10.1 Å². The monoisotopic (exact) mass is 298 g/mol. The van der Waals surface area contributed by atoms with Crippen LogP contribution in [0.2, 0.25) is 0 Å². The van der Waals surface area contributed by atoms with E-state index in [1.807, 2.05) is 13.8 Å². The minimum atomic E-state index is -0.519. The zero-order valence-electron chi connectivity index (χ0n) is 12.7. The molecule has 21 heavy (non-hydrogen) atoms. The Morgan fingerprint density at radius 1 is 1.29 bits per heavy atom. The van der Waals surface area contributed by atoms with Crippen LogP contribution in [0.4, 0.5) is 11.5 Å². The van der Waals surface area contributed by atoms with Crippen molar-refractivity contribution in [2.75, 3.05) is 31.7 Å². The van der Waals surface area contributed by atoms with Crippen LogP contribution >= 0.6 is 0 Å². The number of aromatic nitrogens is 2. The first-order valence-corrected chi connectivity index (χ1v) is 7.07. The van der Waals surface area contributed by atoms with Crippen molar-refractivity contribution in [3.63, 3.8) is 0 Å². The quantitative estimate of drug-likeness (QED) is 0.402. The van der Waals surface area contributed by atoms with Gasteiger partial charge >= 0.3 is 5.69 Å². The molecule has 1 heterocycles. The van der Waals surface area contributed by atoms with Crippen LogP contribution in [0.1, 0.15) is 32.5 Å². The molecule has 118 valence electrons. The maximum atomic E-state index is 11.2. The van der Waals surface area contributed by atoms with Crippen molar-refractivity contribution in [1.82, 2.24) is 9.97 Å². The van der Waals surface area contributed by atoms with Gasteiger partial charge in [0.25, 0.3) is 5.88 Å². The van der Waals surface area contributed by atoms with E-state index in [1.54, 1.807) is 6.92 Å². The molecule has 0 fully saturated rings. The standard InChI is InChI=1S/C13H22N4O4/c1-4-8-21-13-11(17(18)19)12(15-10(3)16-13)14-7-6-9-20-5-2/h4-9H2,1-3H3,(H,14,15,16). The van der Waals surface area contributed by atoms with Crippen LogP contribution < -0.4 is 10.1 Å². The van der Waals surface area contributed by atoms with E-state index in [-0.39, 0.29) is 17.4 Å². The van der Waals surface area contributed by atoms with Gasteiger partial charge in [-0.1, -0.05) is 6.92 Å². The summed E-state index contributed by atoms with van der Waals surface area (Å²) in [5.74, 6) is 0.635. The summed E-state index contributed by atoms with van der Waals surface area (Å²) in [5, 5.41) is 14.2. The number of aryl methyl sites for hydroxylation is 1. The molecule has 0 unspecified atom stereocenters. The Bertz CT molecular complexity index is 468. The molecule has 8 heteroatoms. The molecular formula is C13H22N4O4. The normalized spacial score (nSPS) is 10.4. The van der Waals surface area contributed by atoms with Gasteiger partial charge in [-0.3, -0.25) is 10.1 Å². The van der Waals surface area contributed by atoms with Gasteiger partial charge in [0.2, 0.25) is 5.82 Å². The second kappa shape index (κ2) is 9.06. The average molecular weight is 298 g/mol. The molecule has 1 N–H and O–H groups in total. The predicted octanol–water partition coefficient (Wildman–Crippen LogP) is 2.32. The van der Waals surface area contributed by atoms with Crippen molar-refractivity contribution in [1.29, 1.82) is 0 Å². The lowest BCUT2D eigenvalue weighted by Gasteiger charge is -2.10. The molecule has 1 aromatic heterocycles. The molecule has 0 saturated carbocycles. The molecule has 0 aromatic carbocycles. The lowest BCUT2D eigenvalue weighted by molar-refractivity contribution is -0.385. The first-order valence-electron chi connectivity index (χ1n) is 7.07. The highest BCUT2D eigenvalue weighted by atomic mass is 16.6. The van der Waals surface area contributed by atoms with Crippen LogP contribution in [-0.2, 0) is 4.74 Å². The molecule has 8 nitrogen and oxygen atoms in total. The fraction of sp³-hybridized carbons (Fsp3) is 0.692. The Morgan fingerprint density at radius 3 is 2.67 bits per heavy atom. The molecule has 0 aliphatic carbocycles. The second-order valence-corrected chi connectivity index (χ2v) is 4.36. The summed E-state index contributed by atoms with van der Waals surface area (Å²) in [6.45, 7) is 7.68. The summed E-state index contributed by atoms with van der Waals surface area (Å²) >= 11 is 0. The van der Waals surface area contributed by atoms with Crippen LogP contribution in [0.15, 0.2) is 0 Å². The first kappa shape index (κ1) is 17.1. The van der Waals surface area contributed by atoms with E-state index in [4.69, 9.17) is 9.47 Å². The maximum Gasteiger partial charge on any atom is 0.372 e. The second-order valence-electron chi connectivity index (χ2n) is 4.36. The number of anilines is 1. The van der Waals surface area contributed by atoms with E-state index in [0.29, 0.717) is 32.2 Å². The molecule has 0 aliphatic heterocycles. The molecule has 0 radical (unpaired) electrons. The molecule has 0 atom stereocenters. The third kappa shape index (κ3) is 5.50. The lowest BCUT2D eigenvalue weighted by atomic mass is 10.4. The van der Waals surface area contributed by atoms with Crippen molar-refractivity contribution in [2.24, 2.45) is 0 Å². The van der Waals surface area contributed by atoms with Gasteiger partial charge in [0.05, 0.1) is 11.5 Å². The van der Waals surface area contributed by atoms with Crippen molar-refractivity contribution in [3.05, 3.63) is 15.9 Å². The van der Waals surface area contributed by atoms with Gasteiger partial charge in [0.15, 0.2) is 0 Å². The fourth-order valence-electron chi connectivity index (χ4n) is 1.65. The number of nitrogens with zero attached hydrogens (tertiary/aromatic N) is 3. The maximum absolute atomic E-state index is 11.2. The number of ether oxygens (including phenoxy) is 2. The Kier molecular flexibility index (Phi) is 7.38. The van der Waals surface area contributed by atoms with E-state index in [2.05, 4.69) is 15.3 Å². The molecule has 0 saturated heterocycles. The first-order chi connectivity index (χ1) is 10.1. The predicted molar refractivity (Wildman–Crippen MR) is 78.8 cm³/mol. The summed E-state index contributed by atoms with van der Waals surface area (Å²) in [5.41, 5.74) is -0.217. The van der Waals surface area contributed by atoms with Gasteiger partial charge in [0, 0.05) is 19.8 Å².